The fourth-order valence-corrected chi connectivity index (χ4v) is 3.65. The number of amides is 1. The predicted octanol–water partition coefficient (Wildman–Crippen LogP) is 4.09. The Morgan fingerprint density at radius 3 is 2.69 bits per heavy atom. The molecule has 2 aromatic carbocycles. The number of aromatic nitrogens is 3. The number of nitro benzene ring substituents is 1. The molecule has 164 valence electrons. The van der Waals surface area contributed by atoms with Crippen molar-refractivity contribution in [3.8, 4) is 11.4 Å². The van der Waals surface area contributed by atoms with Gasteiger partial charge in [0, 0.05) is 24.4 Å². The summed E-state index contributed by atoms with van der Waals surface area (Å²) in [5, 5.41) is 24.0. The Morgan fingerprint density at radius 2 is 1.97 bits per heavy atom. The maximum absolute atomic E-state index is 12.1. The van der Waals surface area contributed by atoms with E-state index in [2.05, 4.69) is 20.7 Å². The van der Waals surface area contributed by atoms with E-state index < -0.39 is 4.92 Å². The molecule has 1 amide bonds. The smallest absolute Gasteiger partial charge is 0.276 e. The lowest BCUT2D eigenvalue weighted by molar-refractivity contribution is -0.385. The maximum atomic E-state index is 12.1. The first kappa shape index (κ1) is 22.9. The monoisotopic (exact) mass is 450 g/mol. The van der Waals surface area contributed by atoms with Crippen molar-refractivity contribution in [2.45, 2.75) is 25.5 Å². The first-order valence-corrected chi connectivity index (χ1v) is 10.8. The molecule has 3 aromatic rings. The van der Waals surface area contributed by atoms with Crippen molar-refractivity contribution in [3.05, 3.63) is 75.8 Å². The zero-order chi connectivity index (χ0) is 22.9. The van der Waals surface area contributed by atoms with Crippen molar-refractivity contribution in [1.82, 2.24) is 20.2 Å². The van der Waals surface area contributed by atoms with E-state index in [9.17, 15) is 14.9 Å². The van der Waals surface area contributed by atoms with E-state index >= 15 is 0 Å². The number of rotatable bonds is 9. The minimum atomic E-state index is -0.449. The Kier molecular flexibility index (Phi) is 7.87. The number of carbonyl (C=O) groups excluding carboxylic acids is 1. The van der Waals surface area contributed by atoms with Crippen molar-refractivity contribution in [1.29, 1.82) is 0 Å². The molecule has 0 saturated carbocycles. The standard InChI is InChI=1S/C22H22N6O3S/c1-3-27-21(18-12-10-16(2)11-13-18)25-26-22(27)32-15-20(29)24-23-14-6-8-17-7-4-5-9-19(17)28(30)31/h4-14H,3,15H2,1-2H3,(H,24,29)/b8-6-,23-14-. The van der Waals surface area contributed by atoms with Crippen LogP contribution < -0.4 is 5.43 Å². The van der Waals surface area contributed by atoms with E-state index in [4.69, 9.17) is 0 Å². The molecule has 10 heteroatoms. The van der Waals surface area contributed by atoms with Gasteiger partial charge in [-0.05, 0) is 32.1 Å². The highest BCUT2D eigenvalue weighted by Crippen LogP contribution is 2.24. The number of para-hydroxylation sites is 1. The van der Waals surface area contributed by atoms with E-state index in [0.29, 0.717) is 17.3 Å². The number of aryl methyl sites for hydroxylation is 1. The minimum Gasteiger partial charge on any atom is -0.302 e. The van der Waals surface area contributed by atoms with E-state index in [1.807, 2.05) is 42.7 Å². The molecule has 0 unspecified atom stereocenters. The number of allylic oxidation sites excluding steroid dienone is 1. The summed E-state index contributed by atoms with van der Waals surface area (Å²) in [4.78, 5) is 22.6. The van der Waals surface area contributed by atoms with Gasteiger partial charge in [0.15, 0.2) is 11.0 Å². The van der Waals surface area contributed by atoms with Crippen LogP contribution in [0.3, 0.4) is 0 Å². The van der Waals surface area contributed by atoms with Crippen molar-refractivity contribution in [2.24, 2.45) is 5.10 Å². The van der Waals surface area contributed by atoms with Crippen molar-refractivity contribution in [3.63, 3.8) is 0 Å². The van der Waals surface area contributed by atoms with Gasteiger partial charge in [-0.2, -0.15) is 5.10 Å². The summed E-state index contributed by atoms with van der Waals surface area (Å²) in [5.41, 5.74) is 5.02. The highest BCUT2D eigenvalue weighted by molar-refractivity contribution is 7.99. The van der Waals surface area contributed by atoms with Crippen LogP contribution in [0.15, 0.2) is 64.9 Å². The number of nitrogens with zero attached hydrogens (tertiary/aromatic N) is 5. The number of hydrogen-bond donors (Lipinski definition) is 1. The Bertz CT molecular complexity index is 1150. The second-order valence-electron chi connectivity index (χ2n) is 6.69. The number of nitro groups is 1. The Morgan fingerprint density at radius 1 is 1.22 bits per heavy atom. The van der Waals surface area contributed by atoms with Crippen LogP contribution in [0.2, 0.25) is 0 Å². The number of hydrogen-bond acceptors (Lipinski definition) is 7. The Labute approximate surface area is 189 Å². The normalized spacial score (nSPS) is 11.3. The van der Waals surface area contributed by atoms with Crippen LogP contribution in [0.25, 0.3) is 17.5 Å². The number of hydrazone groups is 1. The number of carbonyl (C=O) groups is 1. The number of benzene rings is 2. The van der Waals surface area contributed by atoms with Crippen LogP contribution in [0.5, 0.6) is 0 Å². The lowest BCUT2D eigenvalue weighted by atomic mass is 10.1. The summed E-state index contributed by atoms with van der Waals surface area (Å²) in [6.45, 7) is 4.70. The van der Waals surface area contributed by atoms with Crippen molar-refractivity contribution >= 4 is 35.6 Å². The van der Waals surface area contributed by atoms with Crippen LogP contribution in [0, 0.1) is 17.0 Å². The molecule has 0 aliphatic rings. The van der Waals surface area contributed by atoms with Gasteiger partial charge in [-0.15, -0.1) is 10.2 Å². The van der Waals surface area contributed by atoms with Gasteiger partial charge in [0.1, 0.15) is 0 Å². The quantitative estimate of drug-likeness (QED) is 0.227. The van der Waals surface area contributed by atoms with Crippen LogP contribution in [-0.2, 0) is 11.3 Å². The summed E-state index contributed by atoms with van der Waals surface area (Å²) in [6.07, 6.45) is 4.44. The van der Waals surface area contributed by atoms with Gasteiger partial charge in [0.25, 0.3) is 11.6 Å². The molecule has 1 N–H and O–H groups in total. The third-order valence-corrected chi connectivity index (χ3v) is 5.40. The average Bonchev–Trinajstić information content (AvgIpc) is 3.21. The van der Waals surface area contributed by atoms with Crippen LogP contribution in [0.1, 0.15) is 18.1 Å². The summed E-state index contributed by atoms with van der Waals surface area (Å²) in [6, 6.07) is 14.4. The Balaban J connectivity index is 1.54. The van der Waals surface area contributed by atoms with Crippen molar-refractivity contribution < 1.29 is 9.72 Å². The highest BCUT2D eigenvalue weighted by atomic mass is 32.2. The summed E-state index contributed by atoms with van der Waals surface area (Å²) < 4.78 is 1.96. The lowest BCUT2D eigenvalue weighted by Gasteiger charge is -2.07. The molecular weight excluding hydrogens is 428 g/mol. The molecule has 32 heavy (non-hydrogen) atoms. The minimum absolute atomic E-state index is 0.00243. The zero-order valence-electron chi connectivity index (χ0n) is 17.6. The van der Waals surface area contributed by atoms with Crippen LogP contribution in [-0.4, -0.2) is 37.6 Å². The fourth-order valence-electron chi connectivity index (χ4n) is 2.85. The van der Waals surface area contributed by atoms with Gasteiger partial charge in [0.2, 0.25) is 0 Å². The number of thioether (sulfide) groups is 1. The van der Waals surface area contributed by atoms with Crippen molar-refractivity contribution in [2.75, 3.05) is 5.75 Å². The van der Waals surface area contributed by atoms with Gasteiger partial charge in [-0.1, -0.05) is 53.7 Å². The number of nitrogens with one attached hydrogen (secondary N) is 1. The summed E-state index contributed by atoms with van der Waals surface area (Å²) in [5.74, 6) is 0.582. The fraction of sp³-hybridized carbons (Fsp3) is 0.182. The van der Waals surface area contributed by atoms with E-state index in [1.165, 1.54) is 35.7 Å². The topological polar surface area (TPSA) is 115 Å². The third kappa shape index (κ3) is 5.88. The summed E-state index contributed by atoms with van der Waals surface area (Å²) in [7, 11) is 0. The molecule has 0 atom stereocenters. The van der Waals surface area contributed by atoms with Gasteiger partial charge < -0.3 is 4.57 Å². The Hall–Kier alpha value is -3.79. The molecule has 9 nitrogen and oxygen atoms in total. The largest absolute Gasteiger partial charge is 0.302 e. The van der Waals surface area contributed by atoms with E-state index in [-0.39, 0.29) is 17.3 Å². The molecule has 0 radical (unpaired) electrons. The highest BCUT2D eigenvalue weighted by Gasteiger charge is 2.14. The molecule has 0 fully saturated rings. The van der Waals surface area contributed by atoms with E-state index in [0.717, 1.165) is 11.4 Å². The van der Waals surface area contributed by atoms with Crippen LogP contribution >= 0.6 is 11.8 Å². The predicted molar refractivity (Wildman–Crippen MR) is 125 cm³/mol. The second kappa shape index (κ2) is 11.0. The molecule has 0 saturated heterocycles. The summed E-state index contributed by atoms with van der Waals surface area (Å²) >= 11 is 1.27. The molecule has 0 spiro atoms. The van der Waals surface area contributed by atoms with Gasteiger partial charge >= 0.3 is 0 Å². The molecule has 0 aliphatic carbocycles. The average molecular weight is 451 g/mol. The first-order chi connectivity index (χ1) is 15.5. The maximum Gasteiger partial charge on any atom is 0.276 e. The lowest BCUT2D eigenvalue weighted by Crippen LogP contribution is -2.19. The van der Waals surface area contributed by atoms with E-state index in [1.54, 1.807) is 24.3 Å². The molecule has 1 aromatic heterocycles. The van der Waals surface area contributed by atoms with Gasteiger partial charge in [0.05, 0.1) is 16.2 Å². The molecular formula is C22H22N6O3S. The third-order valence-electron chi connectivity index (χ3n) is 4.43. The molecule has 0 aliphatic heterocycles. The SMILES string of the molecule is CCn1c(SCC(=O)N/N=C\C=C/c2ccccc2[N+](=O)[O-])nnc1-c1ccc(C)cc1. The zero-order valence-corrected chi connectivity index (χ0v) is 18.5. The van der Waals surface area contributed by atoms with Gasteiger partial charge in [-0.3, -0.25) is 14.9 Å². The second-order valence-corrected chi connectivity index (χ2v) is 7.64. The molecule has 1 heterocycles. The molecule has 0 bridgehead atoms. The first-order valence-electron chi connectivity index (χ1n) is 9.84. The van der Waals surface area contributed by atoms with Crippen LogP contribution in [0.4, 0.5) is 5.69 Å². The van der Waals surface area contributed by atoms with Gasteiger partial charge in [-0.25, -0.2) is 5.43 Å². The molecule has 3 rings (SSSR count).